The number of para-hydroxylation sites is 3. The van der Waals surface area contributed by atoms with Crippen molar-refractivity contribution in [2.75, 3.05) is 0 Å². The molecular formula is C57H37N5. The zero-order chi connectivity index (χ0) is 41.0. The van der Waals surface area contributed by atoms with Gasteiger partial charge in [0.15, 0.2) is 11.6 Å². The lowest BCUT2D eigenvalue weighted by molar-refractivity contribution is 0.953. The van der Waals surface area contributed by atoms with Crippen molar-refractivity contribution in [2.24, 2.45) is 0 Å². The van der Waals surface area contributed by atoms with Gasteiger partial charge in [-0.3, -0.25) is 4.57 Å². The quantitative estimate of drug-likeness (QED) is 0.162. The topological polar surface area (TPSA) is 48.5 Å². The largest absolute Gasteiger partial charge is 0.309 e. The van der Waals surface area contributed by atoms with E-state index in [2.05, 4.69) is 197 Å². The molecule has 0 amide bonds. The number of benzene rings is 9. The summed E-state index contributed by atoms with van der Waals surface area (Å²) >= 11 is 0. The fraction of sp³-hybridized carbons (Fsp3) is 0. The van der Waals surface area contributed by atoms with Crippen LogP contribution in [-0.4, -0.2) is 24.1 Å². The van der Waals surface area contributed by atoms with Gasteiger partial charge < -0.3 is 4.57 Å². The molecule has 5 nitrogen and oxygen atoms in total. The summed E-state index contributed by atoms with van der Waals surface area (Å²) in [5.41, 5.74) is 14.3. The first-order valence-corrected chi connectivity index (χ1v) is 21.0. The molecule has 62 heavy (non-hydrogen) atoms. The number of aromatic nitrogens is 5. The molecule has 3 aromatic heterocycles. The molecule has 5 heteroatoms. The highest BCUT2D eigenvalue weighted by atomic mass is 15.2. The minimum absolute atomic E-state index is 0.574. The van der Waals surface area contributed by atoms with Crippen LogP contribution in [0.5, 0.6) is 0 Å². The Morgan fingerprint density at radius 3 is 1.21 bits per heavy atom. The summed E-state index contributed by atoms with van der Waals surface area (Å²) in [6, 6.07) is 79.4. The summed E-state index contributed by atoms with van der Waals surface area (Å²) in [6.45, 7) is 0. The maximum atomic E-state index is 5.21. The van der Waals surface area contributed by atoms with Crippen LogP contribution in [0.25, 0.3) is 111 Å². The summed E-state index contributed by atoms with van der Waals surface area (Å²) in [6.07, 6.45) is 0. The number of fused-ring (bicyclic) bond motifs is 7. The zero-order valence-electron chi connectivity index (χ0n) is 33.6. The van der Waals surface area contributed by atoms with Crippen LogP contribution in [0, 0.1) is 0 Å². The van der Waals surface area contributed by atoms with E-state index in [9.17, 15) is 0 Å². The molecule has 12 aromatic rings. The monoisotopic (exact) mass is 791 g/mol. The third-order valence-corrected chi connectivity index (χ3v) is 12.0. The SMILES string of the molecule is c1ccc(-c2cc(-c3ccccc3)cc(-c3ccccc3-n3c4ccccc4c4c5c6ccccc6n(-c6nc(-c7ccccc7)nc(-c7ccccc7)n6)c5ccc43)c2)cc1. The maximum Gasteiger partial charge on any atom is 0.238 e. The number of hydrogen-bond acceptors (Lipinski definition) is 3. The molecule has 0 atom stereocenters. The van der Waals surface area contributed by atoms with Crippen molar-refractivity contribution in [3.63, 3.8) is 0 Å². The second-order valence-electron chi connectivity index (χ2n) is 15.6. The van der Waals surface area contributed by atoms with Crippen molar-refractivity contribution >= 4 is 43.6 Å². The van der Waals surface area contributed by atoms with Crippen molar-refractivity contribution in [3.05, 3.63) is 224 Å². The van der Waals surface area contributed by atoms with Gasteiger partial charge >= 0.3 is 0 Å². The van der Waals surface area contributed by atoms with E-state index in [0.29, 0.717) is 17.6 Å². The Labute approximate surface area is 358 Å². The highest BCUT2D eigenvalue weighted by Crippen LogP contribution is 2.44. The molecule has 0 bridgehead atoms. The molecule has 0 saturated carbocycles. The second-order valence-corrected chi connectivity index (χ2v) is 15.6. The van der Waals surface area contributed by atoms with Gasteiger partial charge in [0.25, 0.3) is 0 Å². The molecule has 0 saturated heterocycles. The highest BCUT2D eigenvalue weighted by molar-refractivity contribution is 6.29. The van der Waals surface area contributed by atoms with Crippen molar-refractivity contribution in [1.29, 1.82) is 0 Å². The number of rotatable bonds is 7. The van der Waals surface area contributed by atoms with E-state index in [1.165, 1.54) is 33.0 Å². The normalized spacial score (nSPS) is 11.5. The van der Waals surface area contributed by atoms with Crippen LogP contribution in [0.4, 0.5) is 0 Å². The average Bonchev–Trinajstić information content (AvgIpc) is 3.88. The molecule has 0 unspecified atom stereocenters. The zero-order valence-corrected chi connectivity index (χ0v) is 33.6. The van der Waals surface area contributed by atoms with Crippen LogP contribution >= 0.6 is 0 Å². The molecule has 0 aliphatic rings. The summed E-state index contributed by atoms with van der Waals surface area (Å²) in [5, 5.41) is 4.66. The smallest absolute Gasteiger partial charge is 0.238 e. The van der Waals surface area contributed by atoms with Crippen molar-refractivity contribution < 1.29 is 0 Å². The first kappa shape index (κ1) is 35.5. The number of nitrogens with zero attached hydrogens (tertiary/aromatic N) is 5. The fourth-order valence-corrected chi connectivity index (χ4v) is 9.18. The summed E-state index contributed by atoms with van der Waals surface area (Å²) in [7, 11) is 0. The Balaban J connectivity index is 1.12. The van der Waals surface area contributed by atoms with Gasteiger partial charge in [-0.2, -0.15) is 9.97 Å². The lowest BCUT2D eigenvalue weighted by Gasteiger charge is -2.16. The molecule has 290 valence electrons. The minimum Gasteiger partial charge on any atom is -0.309 e. The lowest BCUT2D eigenvalue weighted by Crippen LogP contribution is -2.06. The fourth-order valence-electron chi connectivity index (χ4n) is 9.18. The van der Waals surface area contributed by atoms with Gasteiger partial charge in [0.1, 0.15) is 0 Å². The Kier molecular flexibility index (Phi) is 8.42. The van der Waals surface area contributed by atoms with Crippen LogP contribution in [0.15, 0.2) is 224 Å². The third kappa shape index (κ3) is 5.90. The maximum absolute atomic E-state index is 5.21. The molecule has 0 fully saturated rings. The van der Waals surface area contributed by atoms with Crippen LogP contribution in [0.2, 0.25) is 0 Å². The van der Waals surface area contributed by atoms with E-state index in [1.807, 2.05) is 36.4 Å². The second kappa shape index (κ2) is 14.7. The van der Waals surface area contributed by atoms with Crippen LogP contribution in [-0.2, 0) is 0 Å². The van der Waals surface area contributed by atoms with Crippen LogP contribution in [0.3, 0.4) is 0 Å². The Morgan fingerprint density at radius 1 is 0.274 bits per heavy atom. The van der Waals surface area contributed by atoms with E-state index in [-0.39, 0.29) is 0 Å². The van der Waals surface area contributed by atoms with E-state index in [4.69, 9.17) is 15.0 Å². The molecule has 3 heterocycles. The molecule has 12 rings (SSSR count). The van der Waals surface area contributed by atoms with Crippen LogP contribution < -0.4 is 0 Å². The molecule has 0 aliphatic heterocycles. The minimum atomic E-state index is 0.574. The molecule has 0 spiro atoms. The Hall–Kier alpha value is -8.41. The van der Waals surface area contributed by atoms with Crippen molar-refractivity contribution in [1.82, 2.24) is 24.1 Å². The molecular weight excluding hydrogens is 755 g/mol. The predicted molar refractivity (Wildman–Crippen MR) is 256 cm³/mol. The van der Waals surface area contributed by atoms with Gasteiger partial charge in [-0.1, -0.05) is 176 Å². The van der Waals surface area contributed by atoms with Crippen molar-refractivity contribution in [3.8, 4) is 67.8 Å². The van der Waals surface area contributed by atoms with Crippen LogP contribution in [0.1, 0.15) is 0 Å². The van der Waals surface area contributed by atoms with E-state index < -0.39 is 0 Å². The Morgan fingerprint density at radius 2 is 0.677 bits per heavy atom. The first-order chi connectivity index (χ1) is 30.8. The summed E-state index contributed by atoms with van der Waals surface area (Å²) in [4.78, 5) is 15.4. The number of hydrogen-bond donors (Lipinski definition) is 0. The van der Waals surface area contributed by atoms with E-state index in [0.717, 1.165) is 60.8 Å². The van der Waals surface area contributed by atoms with Gasteiger partial charge in [0.05, 0.1) is 27.8 Å². The summed E-state index contributed by atoms with van der Waals surface area (Å²) < 4.78 is 4.66. The molecule has 0 N–H and O–H groups in total. The van der Waals surface area contributed by atoms with Crippen molar-refractivity contribution in [2.45, 2.75) is 0 Å². The average molecular weight is 792 g/mol. The molecule has 9 aromatic carbocycles. The van der Waals surface area contributed by atoms with Gasteiger partial charge in [-0.15, -0.1) is 0 Å². The highest BCUT2D eigenvalue weighted by Gasteiger charge is 2.23. The standard InChI is InChI=1S/C57H37N5/c1-5-19-38(20-6-1)42-35-43(39-21-7-2-8-22-39)37-44(36-42)45-27-13-16-30-48(45)61-49-31-17-14-28-46(49)53-51(61)33-34-52-54(53)47-29-15-18-32-50(47)62(52)57-59-55(40-23-9-3-10-24-40)58-56(60-57)41-25-11-4-12-26-41/h1-37H. The van der Waals surface area contributed by atoms with E-state index in [1.54, 1.807) is 0 Å². The summed E-state index contributed by atoms with van der Waals surface area (Å²) in [5.74, 6) is 1.83. The van der Waals surface area contributed by atoms with E-state index >= 15 is 0 Å². The Bertz CT molecular complexity index is 3500. The lowest BCUT2D eigenvalue weighted by atomic mass is 9.92. The molecule has 0 aliphatic carbocycles. The van der Waals surface area contributed by atoms with Gasteiger partial charge in [0.2, 0.25) is 5.95 Å². The third-order valence-electron chi connectivity index (χ3n) is 12.0. The van der Waals surface area contributed by atoms with Gasteiger partial charge in [-0.25, -0.2) is 4.98 Å². The first-order valence-electron chi connectivity index (χ1n) is 21.0. The van der Waals surface area contributed by atoms with Gasteiger partial charge in [0, 0.05) is 38.2 Å². The molecule has 0 radical (unpaired) electrons. The van der Waals surface area contributed by atoms with Gasteiger partial charge in [-0.05, 0) is 76.3 Å². The predicted octanol–water partition coefficient (Wildman–Crippen LogP) is 14.4.